The van der Waals surface area contributed by atoms with E-state index in [1.165, 1.54) is 0 Å². The van der Waals surface area contributed by atoms with E-state index in [1.54, 1.807) is 11.8 Å². The van der Waals surface area contributed by atoms with E-state index >= 15 is 0 Å². The molecular formula is C9H17ClN2O3S2. The third-order valence-corrected chi connectivity index (χ3v) is 5.60. The van der Waals surface area contributed by atoms with Crippen LogP contribution in [0, 0.1) is 0 Å². The highest BCUT2D eigenvalue weighted by Gasteiger charge is 2.29. The molecule has 0 aliphatic carbocycles. The molecule has 0 aromatic heterocycles. The lowest BCUT2D eigenvalue weighted by atomic mass is 10.1. The third-order valence-electron chi connectivity index (χ3n) is 2.84. The minimum atomic E-state index is -2.94. The highest BCUT2D eigenvalue weighted by Crippen LogP contribution is 2.14. The number of carbonyl (C=O) groups is 1. The maximum atomic E-state index is 11.7. The molecule has 2 unspecified atom stereocenters. The van der Waals surface area contributed by atoms with Gasteiger partial charge in [-0.3, -0.25) is 10.1 Å². The van der Waals surface area contributed by atoms with Crippen LogP contribution in [-0.2, 0) is 14.6 Å². The summed E-state index contributed by atoms with van der Waals surface area (Å²) in [5, 5.41) is 5.89. The first-order valence-corrected chi connectivity index (χ1v) is 8.36. The van der Waals surface area contributed by atoms with Crippen LogP contribution in [0.1, 0.15) is 12.8 Å². The van der Waals surface area contributed by atoms with Gasteiger partial charge in [0, 0.05) is 17.7 Å². The maximum Gasteiger partial charge on any atom is 0.238 e. The molecule has 2 aliphatic heterocycles. The number of nitrogens with one attached hydrogen (secondary N) is 2. The molecule has 0 aromatic rings. The van der Waals surface area contributed by atoms with Crippen LogP contribution in [0.2, 0.25) is 0 Å². The average molecular weight is 301 g/mol. The van der Waals surface area contributed by atoms with E-state index in [0.717, 1.165) is 18.1 Å². The van der Waals surface area contributed by atoms with E-state index < -0.39 is 9.84 Å². The van der Waals surface area contributed by atoms with Gasteiger partial charge >= 0.3 is 0 Å². The van der Waals surface area contributed by atoms with Crippen molar-refractivity contribution in [2.75, 3.05) is 23.1 Å². The Morgan fingerprint density at radius 2 is 2.18 bits per heavy atom. The average Bonchev–Trinajstić information content (AvgIpc) is 2.68. The van der Waals surface area contributed by atoms with Gasteiger partial charge < -0.3 is 5.32 Å². The SMILES string of the molecule is Cl.O=C(NC1CCCS(=O)(=O)C1)C1CSCN1. The number of thioether (sulfide) groups is 1. The molecule has 100 valence electrons. The lowest BCUT2D eigenvalue weighted by Crippen LogP contribution is -2.50. The smallest absolute Gasteiger partial charge is 0.238 e. The molecule has 0 spiro atoms. The Morgan fingerprint density at radius 3 is 2.76 bits per heavy atom. The topological polar surface area (TPSA) is 75.3 Å². The number of halogens is 1. The number of hydrogen-bond donors (Lipinski definition) is 2. The highest BCUT2D eigenvalue weighted by atomic mass is 35.5. The number of rotatable bonds is 2. The van der Waals surface area contributed by atoms with Crippen LogP contribution in [0.5, 0.6) is 0 Å². The first-order chi connectivity index (χ1) is 7.57. The maximum absolute atomic E-state index is 11.7. The Kier molecular flexibility index (Phi) is 5.56. The molecular weight excluding hydrogens is 284 g/mol. The second-order valence-corrected chi connectivity index (χ2v) is 7.49. The Balaban J connectivity index is 0.00000144. The van der Waals surface area contributed by atoms with Crippen molar-refractivity contribution in [3.05, 3.63) is 0 Å². The summed E-state index contributed by atoms with van der Waals surface area (Å²) in [5.41, 5.74) is 0. The van der Waals surface area contributed by atoms with Gasteiger partial charge in [0.2, 0.25) is 5.91 Å². The van der Waals surface area contributed by atoms with Crippen molar-refractivity contribution in [1.29, 1.82) is 0 Å². The standard InChI is InChI=1S/C9H16N2O3S2.ClH/c12-9(8-4-15-6-10-8)11-7-2-1-3-16(13,14)5-7;/h7-8,10H,1-6H2,(H,11,12);1H. The molecule has 2 fully saturated rings. The van der Waals surface area contributed by atoms with Crippen LogP contribution >= 0.6 is 24.2 Å². The van der Waals surface area contributed by atoms with Crippen molar-refractivity contribution in [1.82, 2.24) is 10.6 Å². The van der Waals surface area contributed by atoms with E-state index in [1.807, 2.05) is 0 Å². The quantitative estimate of drug-likeness (QED) is 0.736. The van der Waals surface area contributed by atoms with Gasteiger partial charge in [0.25, 0.3) is 0 Å². The molecule has 0 bridgehead atoms. The number of sulfone groups is 1. The van der Waals surface area contributed by atoms with Gasteiger partial charge in [-0.15, -0.1) is 24.2 Å². The zero-order valence-corrected chi connectivity index (χ0v) is 11.8. The second-order valence-electron chi connectivity index (χ2n) is 4.23. The molecule has 0 aromatic carbocycles. The molecule has 17 heavy (non-hydrogen) atoms. The molecule has 0 radical (unpaired) electrons. The summed E-state index contributed by atoms with van der Waals surface area (Å²) in [6.45, 7) is 0. The van der Waals surface area contributed by atoms with Crippen LogP contribution < -0.4 is 10.6 Å². The molecule has 1 amide bonds. The Morgan fingerprint density at radius 1 is 1.41 bits per heavy atom. The number of hydrogen-bond acceptors (Lipinski definition) is 5. The summed E-state index contributed by atoms with van der Waals surface area (Å²) >= 11 is 1.68. The van der Waals surface area contributed by atoms with Crippen molar-refractivity contribution in [2.24, 2.45) is 0 Å². The Labute approximate surface area is 112 Å². The molecule has 0 saturated carbocycles. The summed E-state index contributed by atoms with van der Waals surface area (Å²) in [4.78, 5) is 11.7. The molecule has 2 rings (SSSR count). The predicted molar refractivity (Wildman–Crippen MR) is 71.3 cm³/mol. The fourth-order valence-corrected chi connectivity index (χ4v) is 4.58. The normalized spacial score (nSPS) is 31.5. The van der Waals surface area contributed by atoms with E-state index in [4.69, 9.17) is 0 Å². The lowest BCUT2D eigenvalue weighted by molar-refractivity contribution is -0.123. The van der Waals surface area contributed by atoms with E-state index in [0.29, 0.717) is 6.42 Å². The van der Waals surface area contributed by atoms with Gasteiger partial charge in [0.15, 0.2) is 9.84 Å². The van der Waals surface area contributed by atoms with Crippen molar-refractivity contribution >= 4 is 39.9 Å². The van der Waals surface area contributed by atoms with Crippen molar-refractivity contribution in [3.8, 4) is 0 Å². The lowest BCUT2D eigenvalue weighted by Gasteiger charge is -2.24. The third kappa shape index (κ3) is 4.31. The fourth-order valence-electron chi connectivity index (χ4n) is 2.00. The van der Waals surface area contributed by atoms with Crippen molar-refractivity contribution in [3.63, 3.8) is 0 Å². The van der Waals surface area contributed by atoms with Gasteiger partial charge in [-0.25, -0.2) is 8.42 Å². The van der Waals surface area contributed by atoms with Crippen LogP contribution in [0.4, 0.5) is 0 Å². The first kappa shape index (κ1) is 15.1. The van der Waals surface area contributed by atoms with Gasteiger partial charge in [-0.1, -0.05) is 0 Å². The summed E-state index contributed by atoms with van der Waals surface area (Å²) in [7, 11) is -2.94. The summed E-state index contributed by atoms with van der Waals surface area (Å²) in [5.74, 6) is 1.86. The van der Waals surface area contributed by atoms with Gasteiger partial charge in [-0.05, 0) is 12.8 Å². The fraction of sp³-hybridized carbons (Fsp3) is 0.889. The highest BCUT2D eigenvalue weighted by molar-refractivity contribution is 7.99. The van der Waals surface area contributed by atoms with Gasteiger partial charge in [0.1, 0.15) is 0 Å². The molecule has 2 saturated heterocycles. The second kappa shape index (κ2) is 6.26. The van der Waals surface area contributed by atoms with Crippen LogP contribution in [0.15, 0.2) is 0 Å². The molecule has 2 aliphatic rings. The Bertz CT molecular complexity index is 368. The van der Waals surface area contributed by atoms with Crippen LogP contribution in [-0.4, -0.2) is 49.5 Å². The van der Waals surface area contributed by atoms with Crippen molar-refractivity contribution < 1.29 is 13.2 Å². The van der Waals surface area contributed by atoms with E-state index in [2.05, 4.69) is 10.6 Å². The van der Waals surface area contributed by atoms with Crippen LogP contribution in [0.25, 0.3) is 0 Å². The van der Waals surface area contributed by atoms with Gasteiger partial charge in [-0.2, -0.15) is 0 Å². The van der Waals surface area contributed by atoms with Crippen molar-refractivity contribution in [2.45, 2.75) is 24.9 Å². The van der Waals surface area contributed by atoms with Gasteiger partial charge in [0.05, 0.1) is 17.5 Å². The zero-order valence-electron chi connectivity index (χ0n) is 9.35. The number of amides is 1. The van der Waals surface area contributed by atoms with E-state index in [9.17, 15) is 13.2 Å². The monoisotopic (exact) mass is 300 g/mol. The molecule has 2 atom stereocenters. The molecule has 8 heteroatoms. The molecule has 2 N–H and O–H groups in total. The minimum absolute atomic E-state index is 0. The first-order valence-electron chi connectivity index (χ1n) is 5.39. The predicted octanol–water partition coefficient (Wildman–Crippen LogP) is -0.236. The van der Waals surface area contributed by atoms with E-state index in [-0.39, 0.29) is 41.9 Å². The zero-order chi connectivity index (χ0) is 11.6. The summed E-state index contributed by atoms with van der Waals surface area (Å²) in [6, 6.07) is -0.353. The van der Waals surface area contributed by atoms with Crippen LogP contribution in [0.3, 0.4) is 0 Å². The molecule has 2 heterocycles. The largest absolute Gasteiger partial charge is 0.351 e. The summed E-state index contributed by atoms with van der Waals surface area (Å²) in [6.07, 6.45) is 1.42. The summed E-state index contributed by atoms with van der Waals surface area (Å²) < 4.78 is 22.8. The minimum Gasteiger partial charge on any atom is -0.351 e. The molecule has 5 nitrogen and oxygen atoms in total. The Hall–Kier alpha value is 0.0200. The number of carbonyl (C=O) groups excluding carboxylic acids is 1.